The molecule has 0 amide bonds. The number of rotatable bonds is 12. The SMILES string of the molecule is CCCCC1=[C-]CC=C1CCCC.CCCCC1=[C-]CC=C1CCCC.[Cl-].[H-].[Hf+4]. The van der Waals surface area contributed by atoms with Crippen LogP contribution in [-0.4, -0.2) is 0 Å². The van der Waals surface area contributed by atoms with Crippen molar-refractivity contribution in [3.8, 4) is 0 Å². The summed E-state index contributed by atoms with van der Waals surface area (Å²) in [6, 6.07) is 0. The molecule has 2 aliphatic carbocycles. The van der Waals surface area contributed by atoms with Crippen LogP contribution >= 0.6 is 0 Å². The topological polar surface area (TPSA) is 0 Å². The molecule has 158 valence electrons. The van der Waals surface area contributed by atoms with Gasteiger partial charge in [0.05, 0.1) is 0 Å². The zero-order valence-corrected chi connectivity index (χ0v) is 23.3. The molecule has 0 N–H and O–H groups in total. The van der Waals surface area contributed by atoms with Crippen LogP contribution in [0.5, 0.6) is 0 Å². The van der Waals surface area contributed by atoms with E-state index in [2.05, 4.69) is 52.0 Å². The van der Waals surface area contributed by atoms with Crippen LogP contribution in [-0.2, 0) is 25.8 Å². The van der Waals surface area contributed by atoms with Gasteiger partial charge in [-0.25, -0.2) is 11.1 Å². The minimum atomic E-state index is 0. The fourth-order valence-electron chi connectivity index (χ4n) is 3.51. The predicted molar refractivity (Wildman–Crippen MR) is 118 cm³/mol. The monoisotopic (exact) mass is 570 g/mol. The zero-order chi connectivity index (χ0) is 19.0. The third-order valence-electron chi connectivity index (χ3n) is 5.26. The minimum Gasteiger partial charge on any atom is -1.00 e. The second-order valence-electron chi connectivity index (χ2n) is 7.59. The van der Waals surface area contributed by atoms with Gasteiger partial charge in [-0.15, -0.1) is 12.8 Å². The third-order valence-corrected chi connectivity index (χ3v) is 5.26. The second-order valence-corrected chi connectivity index (χ2v) is 7.59. The number of allylic oxidation sites excluding steroid dienone is 8. The van der Waals surface area contributed by atoms with Crippen LogP contribution in [0.25, 0.3) is 0 Å². The quantitative estimate of drug-likeness (QED) is 0.201. The summed E-state index contributed by atoms with van der Waals surface area (Å²) in [5.74, 6) is 0. The summed E-state index contributed by atoms with van der Waals surface area (Å²) in [5, 5.41) is 0. The van der Waals surface area contributed by atoms with E-state index in [1.807, 2.05) is 0 Å². The van der Waals surface area contributed by atoms with E-state index < -0.39 is 0 Å². The van der Waals surface area contributed by atoms with Crippen LogP contribution in [0, 0.1) is 12.2 Å². The van der Waals surface area contributed by atoms with Gasteiger partial charge in [-0.1, -0.05) is 105 Å². The van der Waals surface area contributed by atoms with Crippen molar-refractivity contribution in [1.29, 1.82) is 0 Å². The summed E-state index contributed by atoms with van der Waals surface area (Å²) in [6.45, 7) is 9.03. The first-order valence-corrected chi connectivity index (χ1v) is 11.3. The molecular weight excluding hydrogens is 526 g/mol. The van der Waals surface area contributed by atoms with E-state index in [4.69, 9.17) is 0 Å². The minimum absolute atomic E-state index is 0. The Kier molecular flexibility index (Phi) is 22.1. The van der Waals surface area contributed by atoms with Crippen LogP contribution in [0.4, 0.5) is 0 Å². The largest absolute Gasteiger partial charge is 4.00 e. The molecule has 0 atom stereocenters. The summed E-state index contributed by atoms with van der Waals surface area (Å²) in [4.78, 5) is 0. The maximum Gasteiger partial charge on any atom is 4.00 e. The smallest absolute Gasteiger partial charge is 1.00 e. The van der Waals surface area contributed by atoms with E-state index in [-0.39, 0.29) is 39.7 Å². The number of hydrogen-bond donors (Lipinski definition) is 0. The molecule has 0 spiro atoms. The van der Waals surface area contributed by atoms with Gasteiger partial charge in [-0.3, -0.25) is 12.2 Å². The summed E-state index contributed by atoms with van der Waals surface area (Å²) < 4.78 is 0. The molecular formula is C26H43ClHf. The fourth-order valence-corrected chi connectivity index (χ4v) is 3.51. The number of halogens is 1. The Hall–Kier alpha value is 0.120. The van der Waals surface area contributed by atoms with Crippen molar-refractivity contribution in [2.75, 3.05) is 0 Å². The Balaban J connectivity index is -0.000000422. The maximum absolute atomic E-state index is 3.47. The predicted octanol–water partition coefficient (Wildman–Crippen LogP) is 5.97. The van der Waals surface area contributed by atoms with E-state index in [0.717, 1.165) is 12.8 Å². The van der Waals surface area contributed by atoms with Gasteiger partial charge in [0, 0.05) is 0 Å². The fraction of sp³-hybridized carbons (Fsp3) is 0.692. The number of hydrogen-bond acceptors (Lipinski definition) is 0. The van der Waals surface area contributed by atoms with Crippen LogP contribution in [0.2, 0.25) is 0 Å². The Morgan fingerprint density at radius 1 is 0.643 bits per heavy atom. The molecule has 0 unspecified atom stereocenters. The summed E-state index contributed by atoms with van der Waals surface area (Å²) >= 11 is 0. The van der Waals surface area contributed by atoms with Gasteiger partial charge in [0.15, 0.2) is 0 Å². The molecule has 0 saturated carbocycles. The first-order chi connectivity index (χ1) is 12.8. The molecule has 0 radical (unpaired) electrons. The van der Waals surface area contributed by atoms with Gasteiger partial charge < -0.3 is 13.8 Å². The number of unbranched alkanes of at least 4 members (excludes halogenated alkanes) is 4. The van der Waals surface area contributed by atoms with Gasteiger partial charge in [0.2, 0.25) is 0 Å². The molecule has 0 fully saturated rings. The standard InChI is InChI=1S/2C13H21.ClH.Hf.H/c2*1-3-5-8-12-10-7-11-13(12)9-6-4-2;;;/h2*10H,3-9H2,1-2H3;1H;;/q2*-1;;+4;-1/p-1. The van der Waals surface area contributed by atoms with Crippen LogP contribution < -0.4 is 12.4 Å². The van der Waals surface area contributed by atoms with Crippen LogP contribution in [0.1, 0.15) is 119 Å². The van der Waals surface area contributed by atoms with Crippen LogP contribution in [0.15, 0.2) is 34.4 Å². The molecule has 2 heteroatoms. The van der Waals surface area contributed by atoms with Gasteiger partial charge in [0.1, 0.15) is 0 Å². The van der Waals surface area contributed by atoms with Gasteiger partial charge in [-0.05, 0) is 0 Å². The molecule has 0 heterocycles. The molecule has 0 aromatic rings. The van der Waals surface area contributed by atoms with Crippen molar-refractivity contribution >= 4 is 0 Å². The third kappa shape index (κ3) is 12.6. The molecule has 0 aliphatic heterocycles. The van der Waals surface area contributed by atoms with E-state index in [0.29, 0.717) is 0 Å². The summed E-state index contributed by atoms with van der Waals surface area (Å²) in [6.07, 6.45) is 29.4. The molecule has 0 aromatic carbocycles. The first-order valence-electron chi connectivity index (χ1n) is 11.3. The van der Waals surface area contributed by atoms with E-state index in [9.17, 15) is 0 Å². The van der Waals surface area contributed by atoms with Crippen molar-refractivity contribution in [3.05, 3.63) is 46.6 Å². The van der Waals surface area contributed by atoms with Crippen molar-refractivity contribution in [2.24, 2.45) is 0 Å². The molecule has 0 saturated heterocycles. The van der Waals surface area contributed by atoms with Crippen molar-refractivity contribution in [3.63, 3.8) is 0 Å². The molecule has 0 nitrogen and oxygen atoms in total. The van der Waals surface area contributed by atoms with E-state index in [1.54, 1.807) is 11.1 Å². The average Bonchev–Trinajstić information content (AvgIpc) is 3.30. The van der Waals surface area contributed by atoms with E-state index in [1.165, 1.54) is 88.2 Å². The Labute approximate surface area is 203 Å². The molecule has 2 aliphatic rings. The van der Waals surface area contributed by atoms with Crippen molar-refractivity contribution < 1.29 is 39.7 Å². The van der Waals surface area contributed by atoms with Crippen LogP contribution in [0.3, 0.4) is 0 Å². The molecule has 0 bridgehead atoms. The molecule has 28 heavy (non-hydrogen) atoms. The Morgan fingerprint density at radius 3 is 1.29 bits per heavy atom. The Bertz CT molecular complexity index is 413. The summed E-state index contributed by atoms with van der Waals surface area (Å²) in [7, 11) is 0. The second kappa shape index (κ2) is 20.4. The average molecular weight is 570 g/mol. The van der Waals surface area contributed by atoms with Gasteiger partial charge in [0.25, 0.3) is 0 Å². The maximum atomic E-state index is 3.47. The van der Waals surface area contributed by atoms with Crippen molar-refractivity contribution in [1.82, 2.24) is 0 Å². The van der Waals surface area contributed by atoms with E-state index >= 15 is 0 Å². The van der Waals surface area contributed by atoms with Crippen molar-refractivity contribution in [2.45, 2.75) is 118 Å². The zero-order valence-electron chi connectivity index (χ0n) is 19.9. The molecule has 2 rings (SSSR count). The normalized spacial score (nSPS) is 14.7. The Morgan fingerprint density at radius 2 is 0.964 bits per heavy atom. The first kappa shape index (κ1) is 30.3. The van der Waals surface area contributed by atoms with Gasteiger partial charge in [-0.2, -0.15) is 23.3 Å². The summed E-state index contributed by atoms with van der Waals surface area (Å²) in [5.41, 5.74) is 6.23. The molecule has 0 aromatic heterocycles. The van der Waals surface area contributed by atoms with Gasteiger partial charge >= 0.3 is 25.8 Å².